The van der Waals surface area contributed by atoms with Gasteiger partial charge in [0.1, 0.15) is 0 Å². The standard InChI is InChI=1S/C21H16Cl2N4S/c22-18-7-6-15(12-19(18)23)20-14-28-21(26-17-5-3-9-24-13-17)27(20)11-8-16-4-1-2-10-25-16/h1-7,9-10,12-14H,8,11H2. The minimum Gasteiger partial charge on any atom is -0.316 e. The molecule has 0 saturated carbocycles. The summed E-state index contributed by atoms with van der Waals surface area (Å²) in [7, 11) is 0. The molecule has 0 radical (unpaired) electrons. The molecule has 0 aliphatic rings. The van der Waals surface area contributed by atoms with Crippen LogP contribution in [0.4, 0.5) is 5.69 Å². The SMILES string of the molecule is Clc1ccc(-c2csc(=Nc3cccnc3)n2CCc2ccccn2)cc1Cl. The Kier molecular flexibility index (Phi) is 5.86. The molecule has 0 N–H and O–H groups in total. The van der Waals surface area contributed by atoms with Crippen molar-refractivity contribution in [1.29, 1.82) is 0 Å². The normalized spacial score (nSPS) is 11.7. The summed E-state index contributed by atoms with van der Waals surface area (Å²) in [5.41, 5.74) is 3.90. The maximum Gasteiger partial charge on any atom is 0.190 e. The van der Waals surface area contributed by atoms with Crippen molar-refractivity contribution in [2.45, 2.75) is 13.0 Å². The van der Waals surface area contributed by atoms with Crippen LogP contribution in [0, 0.1) is 0 Å². The van der Waals surface area contributed by atoms with E-state index in [1.165, 1.54) is 0 Å². The van der Waals surface area contributed by atoms with Crippen molar-refractivity contribution in [3.63, 3.8) is 0 Å². The number of aryl methyl sites for hydroxylation is 1. The number of halogens is 2. The second kappa shape index (κ2) is 8.69. The van der Waals surface area contributed by atoms with Gasteiger partial charge < -0.3 is 4.57 Å². The Bertz CT molecular complexity index is 1140. The van der Waals surface area contributed by atoms with Crippen molar-refractivity contribution in [3.8, 4) is 11.3 Å². The van der Waals surface area contributed by atoms with E-state index in [1.807, 2.05) is 54.7 Å². The third-order valence-electron chi connectivity index (χ3n) is 4.20. The molecule has 4 aromatic rings. The molecule has 4 nitrogen and oxygen atoms in total. The minimum atomic E-state index is 0.535. The molecule has 0 saturated heterocycles. The number of hydrogen-bond acceptors (Lipinski definition) is 4. The van der Waals surface area contributed by atoms with E-state index in [1.54, 1.807) is 23.7 Å². The Morgan fingerprint density at radius 1 is 1.00 bits per heavy atom. The number of nitrogens with zero attached hydrogens (tertiary/aromatic N) is 4. The van der Waals surface area contributed by atoms with Gasteiger partial charge in [0.05, 0.1) is 27.6 Å². The van der Waals surface area contributed by atoms with E-state index >= 15 is 0 Å². The fourth-order valence-electron chi connectivity index (χ4n) is 2.82. The highest BCUT2D eigenvalue weighted by Crippen LogP contribution is 2.29. The Balaban J connectivity index is 1.77. The van der Waals surface area contributed by atoms with Crippen molar-refractivity contribution in [2.24, 2.45) is 4.99 Å². The van der Waals surface area contributed by atoms with Crippen LogP contribution in [0.5, 0.6) is 0 Å². The molecule has 28 heavy (non-hydrogen) atoms. The molecule has 1 aromatic carbocycles. The van der Waals surface area contributed by atoms with E-state index < -0.39 is 0 Å². The van der Waals surface area contributed by atoms with E-state index in [-0.39, 0.29) is 0 Å². The maximum absolute atomic E-state index is 6.25. The molecular formula is C21H16Cl2N4S. The smallest absolute Gasteiger partial charge is 0.190 e. The molecule has 0 bridgehead atoms. The predicted molar refractivity (Wildman–Crippen MR) is 115 cm³/mol. The van der Waals surface area contributed by atoms with Crippen LogP contribution in [0.25, 0.3) is 11.3 Å². The molecular weight excluding hydrogens is 411 g/mol. The molecule has 3 aromatic heterocycles. The zero-order valence-electron chi connectivity index (χ0n) is 14.8. The van der Waals surface area contributed by atoms with E-state index in [4.69, 9.17) is 28.2 Å². The Morgan fingerprint density at radius 2 is 1.93 bits per heavy atom. The first-order valence-electron chi connectivity index (χ1n) is 8.69. The van der Waals surface area contributed by atoms with Gasteiger partial charge in [-0.15, -0.1) is 11.3 Å². The van der Waals surface area contributed by atoms with Gasteiger partial charge in [-0.1, -0.05) is 35.3 Å². The quantitative estimate of drug-likeness (QED) is 0.405. The molecule has 0 spiro atoms. The van der Waals surface area contributed by atoms with Crippen LogP contribution in [0.15, 0.2) is 77.5 Å². The molecule has 0 fully saturated rings. The van der Waals surface area contributed by atoms with Crippen molar-refractivity contribution in [2.75, 3.05) is 0 Å². The van der Waals surface area contributed by atoms with Crippen LogP contribution in [0.1, 0.15) is 5.69 Å². The number of benzene rings is 1. The minimum absolute atomic E-state index is 0.535. The zero-order chi connectivity index (χ0) is 19.3. The second-order valence-corrected chi connectivity index (χ2v) is 7.73. The fourth-order valence-corrected chi connectivity index (χ4v) is 4.08. The highest BCUT2D eigenvalue weighted by atomic mass is 35.5. The van der Waals surface area contributed by atoms with Crippen LogP contribution in [-0.4, -0.2) is 14.5 Å². The van der Waals surface area contributed by atoms with Crippen LogP contribution < -0.4 is 4.80 Å². The van der Waals surface area contributed by atoms with Gasteiger partial charge in [0, 0.05) is 42.0 Å². The van der Waals surface area contributed by atoms with Gasteiger partial charge in [0.2, 0.25) is 0 Å². The van der Waals surface area contributed by atoms with Crippen LogP contribution in [0.2, 0.25) is 10.0 Å². The largest absolute Gasteiger partial charge is 0.316 e. The number of rotatable bonds is 5. The molecule has 7 heteroatoms. The lowest BCUT2D eigenvalue weighted by Crippen LogP contribution is -2.17. The van der Waals surface area contributed by atoms with Crippen molar-refractivity contribution >= 4 is 40.2 Å². The maximum atomic E-state index is 6.25. The molecule has 0 unspecified atom stereocenters. The lowest BCUT2D eigenvalue weighted by Gasteiger charge is -2.10. The van der Waals surface area contributed by atoms with E-state index in [0.29, 0.717) is 10.0 Å². The van der Waals surface area contributed by atoms with Gasteiger partial charge in [-0.05, 0) is 36.4 Å². The number of pyridine rings is 2. The number of aromatic nitrogens is 3. The third-order valence-corrected chi connectivity index (χ3v) is 5.80. The highest BCUT2D eigenvalue weighted by molar-refractivity contribution is 7.07. The van der Waals surface area contributed by atoms with Crippen LogP contribution in [-0.2, 0) is 13.0 Å². The Hall–Kier alpha value is -2.47. The van der Waals surface area contributed by atoms with Crippen molar-refractivity contribution < 1.29 is 0 Å². The molecule has 0 aliphatic heterocycles. The number of hydrogen-bond donors (Lipinski definition) is 0. The van der Waals surface area contributed by atoms with E-state index in [0.717, 1.165) is 40.4 Å². The van der Waals surface area contributed by atoms with E-state index in [2.05, 4.69) is 19.9 Å². The van der Waals surface area contributed by atoms with Crippen molar-refractivity contribution in [1.82, 2.24) is 14.5 Å². The van der Waals surface area contributed by atoms with Gasteiger partial charge in [-0.3, -0.25) is 9.97 Å². The summed E-state index contributed by atoms with van der Waals surface area (Å²) in [6, 6.07) is 15.5. The summed E-state index contributed by atoms with van der Waals surface area (Å²) in [6.07, 6.45) is 6.10. The monoisotopic (exact) mass is 426 g/mol. The van der Waals surface area contributed by atoms with Gasteiger partial charge in [-0.2, -0.15) is 0 Å². The summed E-state index contributed by atoms with van der Waals surface area (Å²) in [5, 5.41) is 3.17. The summed E-state index contributed by atoms with van der Waals surface area (Å²) in [6.45, 7) is 0.745. The summed E-state index contributed by atoms with van der Waals surface area (Å²) in [5.74, 6) is 0. The van der Waals surface area contributed by atoms with Crippen LogP contribution >= 0.6 is 34.5 Å². The molecule has 140 valence electrons. The first-order valence-corrected chi connectivity index (χ1v) is 10.3. The molecule has 0 atom stereocenters. The Labute approximate surface area is 176 Å². The lowest BCUT2D eigenvalue weighted by atomic mass is 10.1. The zero-order valence-corrected chi connectivity index (χ0v) is 17.1. The molecule has 0 amide bonds. The second-order valence-electron chi connectivity index (χ2n) is 6.08. The summed E-state index contributed by atoms with van der Waals surface area (Å²) < 4.78 is 2.19. The van der Waals surface area contributed by atoms with Gasteiger partial charge in [0.25, 0.3) is 0 Å². The first kappa shape index (κ1) is 18.9. The number of thiazole rings is 1. The van der Waals surface area contributed by atoms with Gasteiger partial charge in [-0.25, -0.2) is 4.99 Å². The summed E-state index contributed by atoms with van der Waals surface area (Å²) >= 11 is 13.9. The van der Waals surface area contributed by atoms with E-state index in [9.17, 15) is 0 Å². The van der Waals surface area contributed by atoms with Gasteiger partial charge in [0.15, 0.2) is 4.80 Å². The topological polar surface area (TPSA) is 43.1 Å². The predicted octanol–water partition coefficient (Wildman–Crippen LogP) is 5.79. The van der Waals surface area contributed by atoms with Crippen molar-refractivity contribution in [3.05, 3.63) is 93.0 Å². The third kappa shape index (κ3) is 4.33. The molecule has 0 aliphatic carbocycles. The fraction of sp³-hybridized carbons (Fsp3) is 0.0952. The highest BCUT2D eigenvalue weighted by Gasteiger charge is 2.10. The molecule has 4 rings (SSSR count). The Morgan fingerprint density at radius 3 is 2.68 bits per heavy atom. The summed E-state index contributed by atoms with van der Waals surface area (Å²) in [4.78, 5) is 14.3. The van der Waals surface area contributed by atoms with Gasteiger partial charge >= 0.3 is 0 Å². The molecule has 3 heterocycles. The average Bonchev–Trinajstić information content (AvgIpc) is 3.12. The lowest BCUT2D eigenvalue weighted by molar-refractivity contribution is 0.674. The van der Waals surface area contributed by atoms with Crippen LogP contribution in [0.3, 0.4) is 0 Å². The first-order chi connectivity index (χ1) is 13.7. The average molecular weight is 427 g/mol.